The molecule has 0 radical (unpaired) electrons. The van der Waals surface area contributed by atoms with E-state index >= 15 is 0 Å². The van der Waals surface area contributed by atoms with Crippen molar-refractivity contribution in [2.75, 3.05) is 31.2 Å². The van der Waals surface area contributed by atoms with Crippen LogP contribution in [0.5, 0.6) is 0 Å². The fourth-order valence-electron chi connectivity index (χ4n) is 5.89. The zero-order valence-corrected chi connectivity index (χ0v) is 21.0. The average molecular weight is 490 g/mol. The molecule has 4 heterocycles. The van der Waals surface area contributed by atoms with E-state index in [0.717, 1.165) is 49.4 Å². The van der Waals surface area contributed by atoms with Crippen molar-refractivity contribution in [3.05, 3.63) is 75.6 Å². The van der Waals surface area contributed by atoms with Gasteiger partial charge >= 0.3 is 0 Å². The Balaban J connectivity index is 1.51. The number of aromatic nitrogens is 2. The molecule has 2 aliphatic rings. The number of aryl methyl sites for hydroxylation is 1. The van der Waals surface area contributed by atoms with Crippen LogP contribution in [0.1, 0.15) is 38.3 Å². The molecule has 2 aliphatic heterocycles. The van der Waals surface area contributed by atoms with Gasteiger partial charge in [0.25, 0.3) is 11.4 Å². The summed E-state index contributed by atoms with van der Waals surface area (Å²) in [6.07, 6.45) is 1.96. The lowest BCUT2D eigenvalue weighted by molar-refractivity contribution is 0.00544. The highest BCUT2D eigenvalue weighted by Crippen LogP contribution is 2.39. The van der Waals surface area contributed by atoms with E-state index in [4.69, 9.17) is 11.3 Å². The summed E-state index contributed by atoms with van der Waals surface area (Å²) >= 11 is 0. The zero-order chi connectivity index (χ0) is 25.4. The molecule has 36 heavy (non-hydrogen) atoms. The van der Waals surface area contributed by atoms with Crippen molar-refractivity contribution in [1.82, 2.24) is 14.5 Å². The lowest BCUT2D eigenvalue weighted by Gasteiger charge is -2.50. The molecule has 2 fully saturated rings. The summed E-state index contributed by atoms with van der Waals surface area (Å²) in [6, 6.07) is 12.5. The third-order valence-electron chi connectivity index (χ3n) is 7.79. The van der Waals surface area contributed by atoms with E-state index in [-0.39, 0.29) is 29.5 Å². The number of halogens is 1. The molecule has 5 rings (SSSR count). The van der Waals surface area contributed by atoms with Crippen LogP contribution in [0.3, 0.4) is 0 Å². The fraction of sp³-hybridized carbons (Fsp3) is 0.464. The molecular formula is C28H32FN5O2. The van der Waals surface area contributed by atoms with E-state index < -0.39 is 0 Å². The number of anilines is 1. The number of pyridine rings is 2. The predicted molar refractivity (Wildman–Crippen MR) is 139 cm³/mol. The molecule has 2 saturated heterocycles. The van der Waals surface area contributed by atoms with Crippen LogP contribution >= 0.6 is 0 Å². The summed E-state index contributed by atoms with van der Waals surface area (Å²) < 4.78 is 21.0. The van der Waals surface area contributed by atoms with Gasteiger partial charge in [0.05, 0.1) is 11.2 Å². The van der Waals surface area contributed by atoms with Crippen LogP contribution in [0.2, 0.25) is 0 Å². The Morgan fingerprint density at radius 1 is 1.08 bits per heavy atom. The Morgan fingerprint density at radius 2 is 1.81 bits per heavy atom. The molecule has 0 bridgehead atoms. The van der Waals surface area contributed by atoms with Gasteiger partial charge in [0.15, 0.2) is 0 Å². The number of benzene rings is 1. The number of ether oxygens (including phenoxy) is 1. The second-order valence-corrected chi connectivity index (χ2v) is 10.1. The van der Waals surface area contributed by atoms with Gasteiger partial charge in [0, 0.05) is 57.5 Å². The number of fused-ring (bicyclic) bond motifs is 1. The van der Waals surface area contributed by atoms with Gasteiger partial charge in [-0.2, -0.15) is 0 Å². The Kier molecular flexibility index (Phi) is 6.78. The van der Waals surface area contributed by atoms with E-state index in [1.807, 2.05) is 12.1 Å². The standard InChI is InChI=1S/C28H32FN5O2/c1-18-17-34(28(21-11-13-36-14-12-21)20-5-7-22(29)8-6-20)19(2)16-33(18)24-15-26(35)32(4)23-9-10-25(30-3)31-27(23)24/h5-10,15,18-19,21,28H,11-14,16-17H2,1-2,4H3/t18-,19+,28?/m0/s1. The van der Waals surface area contributed by atoms with Crippen molar-refractivity contribution in [2.24, 2.45) is 13.0 Å². The van der Waals surface area contributed by atoms with E-state index in [0.29, 0.717) is 23.8 Å². The number of hydrogen-bond donors (Lipinski definition) is 0. The molecule has 1 aromatic carbocycles. The molecule has 7 nitrogen and oxygen atoms in total. The van der Waals surface area contributed by atoms with Gasteiger partial charge in [-0.1, -0.05) is 18.7 Å². The first-order valence-electron chi connectivity index (χ1n) is 12.6. The molecule has 3 atom stereocenters. The maximum atomic E-state index is 13.8. The Bertz CT molecular complexity index is 1340. The van der Waals surface area contributed by atoms with Gasteiger partial charge in [-0.25, -0.2) is 4.39 Å². The summed E-state index contributed by atoms with van der Waals surface area (Å²) in [5.74, 6) is 0.523. The molecular weight excluding hydrogens is 457 g/mol. The van der Waals surface area contributed by atoms with Gasteiger partial charge < -0.3 is 19.0 Å². The van der Waals surface area contributed by atoms with E-state index in [1.54, 1.807) is 41.9 Å². The quantitative estimate of drug-likeness (QED) is 0.498. The van der Waals surface area contributed by atoms with E-state index in [2.05, 4.69) is 33.5 Å². The van der Waals surface area contributed by atoms with Gasteiger partial charge in [0.1, 0.15) is 5.82 Å². The summed E-state index contributed by atoms with van der Waals surface area (Å²) in [7, 11) is 1.73. The lowest BCUT2D eigenvalue weighted by Crippen LogP contribution is -2.58. The molecule has 0 saturated carbocycles. The Labute approximate surface area is 210 Å². The summed E-state index contributed by atoms with van der Waals surface area (Å²) in [5.41, 5.74) is 3.22. The van der Waals surface area contributed by atoms with Gasteiger partial charge in [-0.3, -0.25) is 9.69 Å². The molecule has 0 N–H and O–H groups in total. The van der Waals surface area contributed by atoms with Crippen LogP contribution in [0.25, 0.3) is 15.9 Å². The summed E-state index contributed by atoms with van der Waals surface area (Å²) in [5, 5.41) is 0. The maximum absolute atomic E-state index is 13.8. The lowest BCUT2D eigenvalue weighted by atomic mass is 9.84. The molecule has 2 aromatic heterocycles. The van der Waals surface area contributed by atoms with Crippen LogP contribution in [0.15, 0.2) is 47.3 Å². The van der Waals surface area contributed by atoms with Crippen LogP contribution in [-0.4, -0.2) is 52.8 Å². The minimum Gasteiger partial charge on any atom is -0.381 e. The topological polar surface area (TPSA) is 55.0 Å². The largest absolute Gasteiger partial charge is 0.381 e. The first-order chi connectivity index (χ1) is 17.4. The molecule has 1 unspecified atom stereocenters. The maximum Gasteiger partial charge on any atom is 0.270 e. The molecule has 0 spiro atoms. The summed E-state index contributed by atoms with van der Waals surface area (Å²) in [6.45, 7) is 14.8. The molecule has 8 heteroatoms. The van der Waals surface area contributed by atoms with Crippen molar-refractivity contribution in [3.63, 3.8) is 0 Å². The van der Waals surface area contributed by atoms with Crippen molar-refractivity contribution < 1.29 is 9.13 Å². The highest BCUT2D eigenvalue weighted by atomic mass is 19.1. The van der Waals surface area contributed by atoms with Crippen LogP contribution in [0, 0.1) is 18.3 Å². The average Bonchev–Trinajstić information content (AvgIpc) is 2.89. The van der Waals surface area contributed by atoms with Crippen LogP contribution in [0.4, 0.5) is 15.9 Å². The van der Waals surface area contributed by atoms with Gasteiger partial charge in [0.2, 0.25) is 5.52 Å². The summed E-state index contributed by atoms with van der Waals surface area (Å²) in [4.78, 5) is 25.7. The highest BCUT2D eigenvalue weighted by molar-refractivity contribution is 5.89. The monoisotopic (exact) mass is 489 g/mol. The second kappa shape index (κ2) is 10.00. The van der Waals surface area contributed by atoms with Crippen LogP contribution in [-0.2, 0) is 11.8 Å². The van der Waals surface area contributed by atoms with Crippen molar-refractivity contribution >= 4 is 22.5 Å². The Hall–Kier alpha value is -3.28. The smallest absolute Gasteiger partial charge is 0.270 e. The first kappa shape index (κ1) is 24.4. The predicted octanol–water partition coefficient (Wildman–Crippen LogP) is 4.69. The normalized spacial score (nSPS) is 22.5. The minimum absolute atomic E-state index is 0.0939. The van der Waals surface area contributed by atoms with E-state index in [1.165, 1.54) is 0 Å². The zero-order valence-electron chi connectivity index (χ0n) is 21.0. The highest BCUT2D eigenvalue weighted by Gasteiger charge is 2.39. The molecule has 0 amide bonds. The fourth-order valence-corrected chi connectivity index (χ4v) is 5.89. The van der Waals surface area contributed by atoms with Crippen molar-refractivity contribution in [2.45, 2.75) is 44.8 Å². The molecule has 0 aliphatic carbocycles. The van der Waals surface area contributed by atoms with Crippen LogP contribution < -0.4 is 10.5 Å². The number of nitrogens with zero attached hydrogens (tertiary/aromatic N) is 5. The van der Waals surface area contributed by atoms with Crippen molar-refractivity contribution in [1.29, 1.82) is 0 Å². The number of hydrogen-bond acceptors (Lipinski definition) is 5. The van der Waals surface area contributed by atoms with Gasteiger partial charge in [-0.15, -0.1) is 4.98 Å². The van der Waals surface area contributed by atoms with E-state index in [9.17, 15) is 9.18 Å². The van der Waals surface area contributed by atoms with Crippen molar-refractivity contribution in [3.8, 4) is 0 Å². The molecule has 3 aromatic rings. The van der Waals surface area contributed by atoms with Gasteiger partial charge in [-0.05, 0) is 62.4 Å². The molecule has 188 valence electrons. The SMILES string of the molecule is [C-]#[N+]c1ccc2c(n1)c(N1C[C@@H](C)N(C(c3ccc(F)cc3)C3CCOCC3)C[C@@H]1C)cc(=O)n2C. The first-order valence-corrected chi connectivity index (χ1v) is 12.6. The minimum atomic E-state index is -0.223. The second-order valence-electron chi connectivity index (χ2n) is 10.1. The third kappa shape index (κ3) is 4.49. The Morgan fingerprint density at radius 3 is 2.50 bits per heavy atom. The number of piperazine rings is 1. The number of rotatable bonds is 4. The third-order valence-corrected chi connectivity index (χ3v) is 7.79.